The number of methoxy groups -OCH3 is 2. The number of carbonyl (C=O) groups excluding carboxylic acids is 1. The minimum atomic E-state index is -0.695. The molecule has 2 aromatic rings. The van der Waals surface area contributed by atoms with Gasteiger partial charge in [-0.2, -0.15) is 0 Å². The number of nitrogens with one attached hydrogen (secondary N) is 1. The Balaban J connectivity index is 2.29. The molecule has 0 atom stereocenters. The number of halogens is 3. The Hall–Kier alpha value is -2.34. The molecule has 0 aliphatic carbocycles. The third kappa shape index (κ3) is 3.28. The minimum Gasteiger partial charge on any atom is -0.493 e. The Morgan fingerprint density at radius 2 is 1.68 bits per heavy atom. The van der Waals surface area contributed by atoms with Crippen molar-refractivity contribution in [3.63, 3.8) is 0 Å². The molecule has 0 saturated heterocycles. The van der Waals surface area contributed by atoms with E-state index in [2.05, 4.69) is 5.32 Å². The molecule has 0 radical (unpaired) electrons. The number of carbonyl (C=O) groups is 1. The first kappa shape index (κ1) is 16.0. The molecule has 0 saturated carbocycles. The number of ether oxygens (including phenoxy) is 2. The monoisotopic (exact) mass is 327 g/mol. The zero-order valence-electron chi connectivity index (χ0n) is 11.7. The highest BCUT2D eigenvalue weighted by Gasteiger charge is 2.15. The van der Waals surface area contributed by atoms with Crippen molar-refractivity contribution >= 4 is 23.2 Å². The minimum absolute atomic E-state index is 0.0944. The second-order valence-electron chi connectivity index (χ2n) is 4.27. The molecule has 1 N–H and O–H groups in total. The van der Waals surface area contributed by atoms with Crippen LogP contribution in [0.3, 0.4) is 0 Å². The molecule has 4 nitrogen and oxygen atoms in total. The molecule has 1 amide bonds. The summed E-state index contributed by atoms with van der Waals surface area (Å²) in [5, 5.41) is 2.17. The van der Waals surface area contributed by atoms with Gasteiger partial charge in [0.25, 0.3) is 5.91 Å². The van der Waals surface area contributed by atoms with Gasteiger partial charge < -0.3 is 14.8 Å². The predicted octanol–water partition coefficient (Wildman–Crippen LogP) is 3.89. The normalized spacial score (nSPS) is 10.2. The SMILES string of the molecule is COc1cc(F)c(NC(=O)c2ccc(F)c(Cl)c2)cc1OC. The fourth-order valence-electron chi connectivity index (χ4n) is 1.78. The largest absolute Gasteiger partial charge is 0.493 e. The number of rotatable bonds is 4. The van der Waals surface area contributed by atoms with Crippen LogP contribution in [0.2, 0.25) is 5.02 Å². The van der Waals surface area contributed by atoms with Gasteiger partial charge in [0.15, 0.2) is 17.3 Å². The highest BCUT2D eigenvalue weighted by molar-refractivity contribution is 6.31. The Morgan fingerprint density at radius 1 is 1.05 bits per heavy atom. The van der Waals surface area contributed by atoms with Gasteiger partial charge in [-0.3, -0.25) is 4.79 Å². The van der Waals surface area contributed by atoms with Gasteiger partial charge in [0, 0.05) is 17.7 Å². The maximum Gasteiger partial charge on any atom is 0.255 e. The molecule has 0 spiro atoms. The summed E-state index contributed by atoms with van der Waals surface area (Å²) in [5.74, 6) is -1.51. The van der Waals surface area contributed by atoms with Crippen LogP contribution in [0.4, 0.5) is 14.5 Å². The molecule has 0 aliphatic rings. The van der Waals surface area contributed by atoms with E-state index < -0.39 is 17.5 Å². The maximum absolute atomic E-state index is 13.9. The number of hydrogen-bond donors (Lipinski definition) is 1. The molecule has 0 bridgehead atoms. The zero-order chi connectivity index (χ0) is 16.3. The fourth-order valence-corrected chi connectivity index (χ4v) is 1.96. The molecule has 2 rings (SSSR count). The quantitative estimate of drug-likeness (QED) is 0.926. The first-order valence-electron chi connectivity index (χ1n) is 6.14. The highest BCUT2D eigenvalue weighted by atomic mass is 35.5. The third-order valence-electron chi connectivity index (χ3n) is 2.90. The Morgan fingerprint density at radius 3 is 2.27 bits per heavy atom. The van der Waals surface area contributed by atoms with Crippen molar-refractivity contribution in [2.45, 2.75) is 0 Å². The van der Waals surface area contributed by atoms with Crippen LogP contribution in [0.25, 0.3) is 0 Å². The molecule has 2 aromatic carbocycles. The first-order chi connectivity index (χ1) is 10.5. The van der Waals surface area contributed by atoms with Crippen LogP contribution in [0, 0.1) is 11.6 Å². The average Bonchev–Trinajstić information content (AvgIpc) is 2.51. The highest BCUT2D eigenvalue weighted by Crippen LogP contribution is 2.32. The van der Waals surface area contributed by atoms with Gasteiger partial charge in [0.05, 0.1) is 24.9 Å². The molecule has 7 heteroatoms. The van der Waals surface area contributed by atoms with E-state index in [1.807, 2.05) is 0 Å². The number of anilines is 1. The van der Waals surface area contributed by atoms with Gasteiger partial charge in [-0.05, 0) is 18.2 Å². The van der Waals surface area contributed by atoms with Gasteiger partial charge in [-0.25, -0.2) is 8.78 Å². The van der Waals surface area contributed by atoms with E-state index >= 15 is 0 Å². The molecule has 0 unspecified atom stereocenters. The molecule has 0 heterocycles. The predicted molar refractivity (Wildman–Crippen MR) is 78.9 cm³/mol. The third-order valence-corrected chi connectivity index (χ3v) is 3.19. The van der Waals surface area contributed by atoms with Gasteiger partial charge in [0.1, 0.15) is 5.82 Å². The molecule has 22 heavy (non-hydrogen) atoms. The molecule has 0 aromatic heterocycles. The Labute approximate surface area is 130 Å². The Kier molecular flexibility index (Phi) is 4.82. The zero-order valence-corrected chi connectivity index (χ0v) is 12.5. The summed E-state index contributed by atoms with van der Waals surface area (Å²) in [7, 11) is 2.76. The first-order valence-corrected chi connectivity index (χ1v) is 6.52. The lowest BCUT2D eigenvalue weighted by atomic mass is 10.2. The summed E-state index contributed by atoms with van der Waals surface area (Å²) in [6.07, 6.45) is 0. The van der Waals surface area contributed by atoms with Crippen LogP contribution >= 0.6 is 11.6 Å². The number of hydrogen-bond acceptors (Lipinski definition) is 3. The van der Waals surface area contributed by atoms with Crippen LogP contribution in [-0.4, -0.2) is 20.1 Å². The second-order valence-corrected chi connectivity index (χ2v) is 4.68. The summed E-state index contributed by atoms with van der Waals surface area (Å²) in [6.45, 7) is 0. The standard InChI is InChI=1S/C15H12ClF2NO3/c1-21-13-6-11(18)12(7-14(13)22-2)19-15(20)8-3-4-10(17)9(16)5-8/h3-7H,1-2H3,(H,19,20). The summed E-state index contributed by atoms with van der Waals surface area (Å²) in [5.41, 5.74) is 0.00341. The maximum atomic E-state index is 13.9. The van der Waals surface area contributed by atoms with E-state index in [1.54, 1.807) is 0 Å². The van der Waals surface area contributed by atoms with Gasteiger partial charge in [-0.1, -0.05) is 11.6 Å². The lowest BCUT2D eigenvalue weighted by Gasteiger charge is -2.12. The molecule has 0 fully saturated rings. The van der Waals surface area contributed by atoms with E-state index in [0.717, 1.165) is 18.2 Å². The summed E-state index contributed by atoms with van der Waals surface area (Å²) in [6, 6.07) is 5.84. The fraction of sp³-hybridized carbons (Fsp3) is 0.133. The van der Waals surface area contributed by atoms with Crippen molar-refractivity contribution in [3.05, 3.63) is 52.6 Å². The van der Waals surface area contributed by atoms with Crippen molar-refractivity contribution in [1.29, 1.82) is 0 Å². The van der Waals surface area contributed by atoms with E-state index in [-0.39, 0.29) is 27.8 Å². The van der Waals surface area contributed by atoms with E-state index in [0.29, 0.717) is 0 Å². The topological polar surface area (TPSA) is 47.6 Å². The lowest BCUT2D eigenvalue weighted by Crippen LogP contribution is -2.13. The van der Waals surface area contributed by atoms with E-state index in [4.69, 9.17) is 21.1 Å². The van der Waals surface area contributed by atoms with Crippen LogP contribution < -0.4 is 14.8 Å². The average molecular weight is 328 g/mol. The van der Waals surface area contributed by atoms with Crippen LogP contribution in [0.15, 0.2) is 30.3 Å². The van der Waals surface area contributed by atoms with Crippen LogP contribution in [0.1, 0.15) is 10.4 Å². The van der Waals surface area contributed by atoms with Gasteiger partial charge in [0.2, 0.25) is 0 Å². The molecular weight excluding hydrogens is 316 g/mol. The molecular formula is C15H12ClF2NO3. The van der Waals surface area contributed by atoms with Crippen molar-refractivity contribution in [2.24, 2.45) is 0 Å². The number of amides is 1. The summed E-state index contributed by atoms with van der Waals surface area (Å²) >= 11 is 5.61. The lowest BCUT2D eigenvalue weighted by molar-refractivity contribution is 0.102. The Bertz CT molecular complexity index is 722. The van der Waals surface area contributed by atoms with Crippen molar-refractivity contribution in [3.8, 4) is 11.5 Å². The van der Waals surface area contributed by atoms with Crippen molar-refractivity contribution in [1.82, 2.24) is 0 Å². The van der Waals surface area contributed by atoms with E-state index in [1.165, 1.54) is 26.4 Å². The second kappa shape index (κ2) is 6.62. The molecule has 116 valence electrons. The summed E-state index contributed by atoms with van der Waals surface area (Å²) < 4.78 is 37.0. The van der Waals surface area contributed by atoms with E-state index in [9.17, 15) is 13.6 Å². The summed E-state index contributed by atoms with van der Waals surface area (Å²) in [4.78, 5) is 12.1. The number of benzene rings is 2. The van der Waals surface area contributed by atoms with Crippen molar-refractivity contribution in [2.75, 3.05) is 19.5 Å². The van der Waals surface area contributed by atoms with Gasteiger partial charge in [-0.15, -0.1) is 0 Å². The van der Waals surface area contributed by atoms with Crippen LogP contribution in [0.5, 0.6) is 11.5 Å². The van der Waals surface area contributed by atoms with Crippen molar-refractivity contribution < 1.29 is 23.0 Å². The smallest absolute Gasteiger partial charge is 0.255 e. The van der Waals surface area contributed by atoms with Gasteiger partial charge >= 0.3 is 0 Å². The molecule has 0 aliphatic heterocycles. The van der Waals surface area contributed by atoms with Crippen LogP contribution in [-0.2, 0) is 0 Å².